The van der Waals surface area contributed by atoms with Gasteiger partial charge in [-0.1, -0.05) is 46.8 Å². The number of alkyl halides is 3. The van der Waals surface area contributed by atoms with Crippen LogP contribution in [0, 0.1) is 0 Å². The van der Waals surface area contributed by atoms with Crippen LogP contribution in [0.1, 0.15) is 84.4 Å². The van der Waals surface area contributed by atoms with Gasteiger partial charge < -0.3 is 9.47 Å². The quantitative estimate of drug-likeness (QED) is 0.217. The molecular weight excluding hydrogens is 441 g/mol. The van der Waals surface area contributed by atoms with Crippen LogP contribution in [0.4, 0.5) is 13.2 Å². The van der Waals surface area contributed by atoms with E-state index in [4.69, 9.17) is 9.47 Å². The Hall–Kier alpha value is -2.50. The number of fused-ring (bicyclic) bond motifs is 1. The van der Waals surface area contributed by atoms with Gasteiger partial charge in [0.05, 0.1) is 18.8 Å². The number of hydrogen-bond acceptors (Lipinski definition) is 3. The molecule has 2 rings (SSSR count). The van der Waals surface area contributed by atoms with Crippen molar-refractivity contribution in [3.8, 4) is 5.75 Å². The summed E-state index contributed by atoms with van der Waals surface area (Å²) in [5, 5.41) is 0. The molecule has 6 heteroatoms. The van der Waals surface area contributed by atoms with Gasteiger partial charge in [0.15, 0.2) is 0 Å². The van der Waals surface area contributed by atoms with Gasteiger partial charge in [-0.25, -0.2) is 4.79 Å². The van der Waals surface area contributed by atoms with Crippen molar-refractivity contribution in [2.45, 2.75) is 84.7 Å². The second-order valence-electron chi connectivity index (χ2n) is 10.1. The first-order valence-corrected chi connectivity index (χ1v) is 11.9. The number of ether oxygens (including phenoxy) is 2. The maximum Gasteiger partial charge on any atom is 0.417 e. The monoisotopic (exact) mass is 478 g/mol. The molecule has 0 unspecified atom stereocenters. The standard InChI is InChI=1S/C28H37F3O3/c1-8-15-34-24-18-23-22(26(4,5)13-14-27(23,6)7)17-20(24)21(28(29,30)31)12-10-11-19(3)16-25(32)33-9-2/h10-12,16-18H,8-9,13-15H2,1-7H3. The zero-order chi connectivity index (χ0) is 25.7. The maximum atomic E-state index is 14.3. The summed E-state index contributed by atoms with van der Waals surface area (Å²) >= 11 is 0. The summed E-state index contributed by atoms with van der Waals surface area (Å²) in [5.41, 5.74) is 1.35. The van der Waals surface area contributed by atoms with Crippen LogP contribution in [-0.2, 0) is 20.4 Å². The first-order chi connectivity index (χ1) is 15.7. The lowest BCUT2D eigenvalue weighted by Gasteiger charge is -2.42. The number of allylic oxidation sites excluding steroid dienone is 5. The molecule has 0 bridgehead atoms. The molecular formula is C28H37F3O3. The molecule has 0 atom stereocenters. The van der Waals surface area contributed by atoms with Crippen LogP contribution in [0.15, 0.2) is 42.0 Å². The van der Waals surface area contributed by atoms with E-state index in [-0.39, 0.29) is 28.7 Å². The molecule has 3 nitrogen and oxygen atoms in total. The third-order valence-electron chi connectivity index (χ3n) is 6.26. The predicted octanol–water partition coefficient (Wildman–Crippen LogP) is 7.84. The van der Waals surface area contributed by atoms with E-state index < -0.39 is 17.7 Å². The predicted molar refractivity (Wildman–Crippen MR) is 131 cm³/mol. The zero-order valence-corrected chi connectivity index (χ0v) is 21.4. The van der Waals surface area contributed by atoms with Gasteiger partial charge in [0.2, 0.25) is 0 Å². The third-order valence-corrected chi connectivity index (χ3v) is 6.26. The van der Waals surface area contributed by atoms with Gasteiger partial charge in [-0.05, 0) is 78.8 Å². The van der Waals surface area contributed by atoms with Crippen molar-refractivity contribution < 1.29 is 27.4 Å². The SMILES string of the molecule is CCCOc1cc2c(cc1C(=CC=CC(C)=CC(=O)OCC)C(F)(F)F)C(C)(C)CCC2(C)C. The van der Waals surface area contributed by atoms with Crippen LogP contribution in [-0.4, -0.2) is 25.4 Å². The zero-order valence-electron chi connectivity index (χ0n) is 21.4. The van der Waals surface area contributed by atoms with Crippen LogP contribution in [0.5, 0.6) is 5.75 Å². The smallest absolute Gasteiger partial charge is 0.417 e. The van der Waals surface area contributed by atoms with E-state index in [9.17, 15) is 18.0 Å². The fraction of sp³-hybridized carbons (Fsp3) is 0.536. The van der Waals surface area contributed by atoms with Gasteiger partial charge in [-0.15, -0.1) is 0 Å². The highest BCUT2D eigenvalue weighted by atomic mass is 19.4. The fourth-order valence-corrected chi connectivity index (χ4v) is 4.19. The van der Waals surface area contributed by atoms with E-state index in [1.54, 1.807) is 19.9 Å². The van der Waals surface area contributed by atoms with Gasteiger partial charge in [-0.2, -0.15) is 13.2 Å². The second kappa shape index (κ2) is 10.8. The van der Waals surface area contributed by atoms with E-state index in [1.807, 2.05) is 13.0 Å². The van der Waals surface area contributed by atoms with Crippen LogP contribution < -0.4 is 4.74 Å². The molecule has 34 heavy (non-hydrogen) atoms. The lowest BCUT2D eigenvalue weighted by atomic mass is 9.62. The van der Waals surface area contributed by atoms with Crippen molar-refractivity contribution in [1.29, 1.82) is 0 Å². The Morgan fingerprint density at radius 2 is 1.65 bits per heavy atom. The van der Waals surface area contributed by atoms with Gasteiger partial charge in [0.1, 0.15) is 5.75 Å². The van der Waals surface area contributed by atoms with E-state index in [0.717, 1.165) is 30.0 Å². The average Bonchev–Trinajstić information content (AvgIpc) is 2.72. The van der Waals surface area contributed by atoms with Crippen molar-refractivity contribution in [3.63, 3.8) is 0 Å². The fourth-order valence-electron chi connectivity index (χ4n) is 4.19. The number of benzene rings is 1. The van der Waals surface area contributed by atoms with E-state index in [0.29, 0.717) is 18.6 Å². The minimum Gasteiger partial charge on any atom is -0.493 e. The molecule has 0 radical (unpaired) electrons. The Labute approximate surface area is 201 Å². The summed E-state index contributed by atoms with van der Waals surface area (Å²) in [4.78, 5) is 11.6. The molecule has 0 N–H and O–H groups in total. The Morgan fingerprint density at radius 3 is 2.18 bits per heavy atom. The summed E-state index contributed by atoms with van der Waals surface area (Å²) in [6, 6.07) is 3.49. The second-order valence-corrected chi connectivity index (χ2v) is 10.1. The lowest BCUT2D eigenvalue weighted by Crippen LogP contribution is -2.34. The van der Waals surface area contributed by atoms with Crippen molar-refractivity contribution >= 4 is 11.5 Å². The van der Waals surface area contributed by atoms with Crippen molar-refractivity contribution in [2.75, 3.05) is 13.2 Å². The molecule has 1 aliphatic carbocycles. The van der Waals surface area contributed by atoms with Gasteiger partial charge in [0, 0.05) is 11.6 Å². The molecule has 188 valence electrons. The van der Waals surface area contributed by atoms with Crippen LogP contribution >= 0.6 is 0 Å². The molecule has 1 aromatic carbocycles. The summed E-state index contributed by atoms with van der Waals surface area (Å²) in [6.45, 7) is 14.2. The topological polar surface area (TPSA) is 35.5 Å². The van der Waals surface area contributed by atoms with Crippen LogP contribution in [0.3, 0.4) is 0 Å². The number of esters is 1. The molecule has 0 aliphatic heterocycles. The number of hydrogen-bond donors (Lipinski definition) is 0. The molecule has 0 spiro atoms. The largest absolute Gasteiger partial charge is 0.493 e. The molecule has 0 fully saturated rings. The highest BCUT2D eigenvalue weighted by molar-refractivity contribution is 5.83. The van der Waals surface area contributed by atoms with E-state index >= 15 is 0 Å². The Balaban J connectivity index is 2.65. The highest BCUT2D eigenvalue weighted by Crippen LogP contribution is 2.50. The molecule has 0 saturated heterocycles. The Bertz CT molecular complexity index is 979. The highest BCUT2D eigenvalue weighted by Gasteiger charge is 2.41. The minimum atomic E-state index is -4.59. The molecule has 0 saturated carbocycles. The van der Waals surface area contributed by atoms with Gasteiger partial charge in [-0.3, -0.25) is 0 Å². The maximum absolute atomic E-state index is 14.3. The number of halogens is 3. The van der Waals surface area contributed by atoms with Crippen molar-refractivity contribution in [1.82, 2.24) is 0 Å². The first-order valence-electron chi connectivity index (χ1n) is 11.9. The number of carbonyl (C=O) groups excluding carboxylic acids is 1. The Kier molecular flexibility index (Phi) is 8.84. The van der Waals surface area contributed by atoms with Gasteiger partial charge in [0.25, 0.3) is 0 Å². The molecule has 1 aromatic rings. The van der Waals surface area contributed by atoms with Crippen LogP contribution in [0.2, 0.25) is 0 Å². The summed E-state index contributed by atoms with van der Waals surface area (Å²) in [6.07, 6.45) is 3.02. The third kappa shape index (κ3) is 6.77. The lowest BCUT2D eigenvalue weighted by molar-refractivity contribution is -0.137. The minimum absolute atomic E-state index is 0.0437. The summed E-state index contributed by atoms with van der Waals surface area (Å²) < 4.78 is 53.5. The number of carbonyl (C=O) groups is 1. The number of rotatable bonds is 8. The first kappa shape index (κ1) is 27.7. The normalized spacial score (nSPS) is 18.1. The summed E-state index contributed by atoms with van der Waals surface area (Å²) in [7, 11) is 0. The van der Waals surface area contributed by atoms with Gasteiger partial charge >= 0.3 is 12.1 Å². The molecule has 0 aromatic heterocycles. The van der Waals surface area contributed by atoms with Crippen molar-refractivity contribution in [3.05, 3.63) is 58.7 Å². The molecule has 1 aliphatic rings. The van der Waals surface area contributed by atoms with Crippen molar-refractivity contribution in [2.24, 2.45) is 0 Å². The average molecular weight is 479 g/mol. The van der Waals surface area contributed by atoms with Crippen LogP contribution in [0.25, 0.3) is 5.57 Å². The van der Waals surface area contributed by atoms with E-state index in [2.05, 4.69) is 27.7 Å². The Morgan fingerprint density at radius 1 is 1.06 bits per heavy atom. The molecule has 0 heterocycles. The van der Waals surface area contributed by atoms with E-state index in [1.165, 1.54) is 18.2 Å². The molecule has 0 amide bonds. The summed E-state index contributed by atoms with van der Waals surface area (Å²) in [5.74, 6) is -0.276.